The van der Waals surface area contributed by atoms with E-state index in [1.54, 1.807) is 24.4 Å². The van der Waals surface area contributed by atoms with Crippen molar-refractivity contribution in [3.63, 3.8) is 0 Å². The molecule has 0 unspecified atom stereocenters. The molecule has 2 N–H and O–H groups in total. The van der Waals surface area contributed by atoms with Gasteiger partial charge in [0.1, 0.15) is 12.4 Å². The average molecular weight is 323 g/mol. The number of rotatable bonds is 4. The molecule has 1 aromatic carbocycles. The Bertz CT molecular complexity index is 586. The fourth-order valence-electron chi connectivity index (χ4n) is 1.40. The molecule has 0 saturated carbocycles. The number of carboxylic acid groups (broad SMARTS) is 1. The van der Waals surface area contributed by atoms with E-state index in [4.69, 9.17) is 28.3 Å². The summed E-state index contributed by atoms with van der Waals surface area (Å²) in [6.07, 6.45) is 3.01. The molecule has 0 aliphatic rings. The summed E-state index contributed by atoms with van der Waals surface area (Å²) in [5, 5.41) is 12.6. The zero-order valence-corrected chi connectivity index (χ0v) is 11.8. The van der Waals surface area contributed by atoms with Crippen molar-refractivity contribution in [3.8, 4) is 0 Å². The second-order valence-corrected chi connectivity index (χ2v) is 4.42. The molecule has 0 radical (unpaired) electrons. The Morgan fingerprint density at radius 2 is 2.16 bits per heavy atom. The van der Waals surface area contributed by atoms with Crippen molar-refractivity contribution in [1.82, 2.24) is 9.55 Å². The molecule has 0 aliphatic carbocycles. The lowest BCUT2D eigenvalue weighted by molar-refractivity contribution is -0.137. The number of hydrogen-bond donors (Lipinski definition) is 2. The van der Waals surface area contributed by atoms with Crippen molar-refractivity contribution in [2.24, 2.45) is 0 Å². The lowest BCUT2D eigenvalue weighted by Crippen LogP contribution is -2.06. The first kappa shape index (κ1) is 15.6. The Morgan fingerprint density at radius 1 is 1.42 bits per heavy atom. The van der Waals surface area contributed by atoms with Crippen LogP contribution < -0.4 is 5.32 Å². The molecule has 2 rings (SSSR count). The minimum absolute atomic E-state index is 0. The summed E-state index contributed by atoms with van der Waals surface area (Å²) < 4.78 is 1.45. The van der Waals surface area contributed by atoms with Crippen LogP contribution in [-0.2, 0) is 11.3 Å². The second kappa shape index (κ2) is 6.65. The predicted octanol–water partition coefficient (Wildman–Crippen LogP) is 3.44. The van der Waals surface area contributed by atoms with Gasteiger partial charge in [-0.1, -0.05) is 23.2 Å². The lowest BCUT2D eigenvalue weighted by Gasteiger charge is -2.05. The van der Waals surface area contributed by atoms with E-state index in [2.05, 4.69) is 10.3 Å². The number of halogens is 3. The molecular weight excluding hydrogens is 312 g/mol. The molecule has 0 spiro atoms. The van der Waals surface area contributed by atoms with Gasteiger partial charge in [0, 0.05) is 11.2 Å². The number of carbonyl (C=O) groups is 1. The van der Waals surface area contributed by atoms with E-state index in [9.17, 15) is 4.79 Å². The SMILES string of the molecule is Cl.O=C(O)Cn1cnc(Nc2ccc(Cl)cc2Cl)c1. The summed E-state index contributed by atoms with van der Waals surface area (Å²) >= 11 is 11.8. The van der Waals surface area contributed by atoms with Gasteiger partial charge in [0.25, 0.3) is 0 Å². The Labute approximate surface area is 125 Å². The predicted molar refractivity (Wildman–Crippen MR) is 76.9 cm³/mol. The van der Waals surface area contributed by atoms with Crippen LogP contribution in [0.5, 0.6) is 0 Å². The first-order valence-electron chi connectivity index (χ1n) is 5.00. The van der Waals surface area contributed by atoms with Gasteiger partial charge < -0.3 is 15.0 Å². The zero-order chi connectivity index (χ0) is 13.1. The molecule has 0 saturated heterocycles. The minimum atomic E-state index is -0.927. The van der Waals surface area contributed by atoms with Crippen LogP contribution in [0.3, 0.4) is 0 Å². The molecule has 0 atom stereocenters. The van der Waals surface area contributed by atoms with Crippen LogP contribution in [-0.4, -0.2) is 20.6 Å². The van der Waals surface area contributed by atoms with Crippen LogP contribution >= 0.6 is 35.6 Å². The Morgan fingerprint density at radius 3 is 2.79 bits per heavy atom. The standard InChI is InChI=1S/C11H9Cl2N3O2.ClH/c12-7-1-2-9(8(13)3-7)15-10-4-16(6-14-10)5-11(17)18;/h1-4,6,15H,5H2,(H,17,18);1H. The van der Waals surface area contributed by atoms with Crippen molar-refractivity contribution < 1.29 is 9.90 Å². The number of aromatic nitrogens is 2. The van der Waals surface area contributed by atoms with Crippen molar-refractivity contribution in [1.29, 1.82) is 0 Å². The molecule has 102 valence electrons. The van der Waals surface area contributed by atoms with Crippen LogP contribution in [0.25, 0.3) is 0 Å². The number of aliphatic carboxylic acids is 1. The maximum Gasteiger partial charge on any atom is 0.323 e. The minimum Gasteiger partial charge on any atom is -0.480 e. The Balaban J connectivity index is 0.00000180. The third-order valence-electron chi connectivity index (χ3n) is 2.14. The normalized spacial score (nSPS) is 9.79. The van der Waals surface area contributed by atoms with Crippen LogP contribution in [0.15, 0.2) is 30.7 Å². The number of benzene rings is 1. The van der Waals surface area contributed by atoms with Crippen molar-refractivity contribution in [2.75, 3.05) is 5.32 Å². The molecular formula is C11H10Cl3N3O2. The van der Waals surface area contributed by atoms with E-state index in [0.29, 0.717) is 21.6 Å². The molecule has 8 heteroatoms. The molecule has 19 heavy (non-hydrogen) atoms. The van der Waals surface area contributed by atoms with Crippen LogP contribution in [0, 0.1) is 0 Å². The van der Waals surface area contributed by atoms with E-state index < -0.39 is 5.97 Å². The topological polar surface area (TPSA) is 67.1 Å². The molecule has 0 bridgehead atoms. The number of imidazole rings is 1. The largest absolute Gasteiger partial charge is 0.480 e. The zero-order valence-electron chi connectivity index (χ0n) is 9.51. The molecule has 0 amide bonds. The Kier molecular flexibility index (Phi) is 5.47. The Hall–Kier alpha value is -1.43. The van der Waals surface area contributed by atoms with E-state index >= 15 is 0 Å². The highest BCUT2D eigenvalue weighted by molar-refractivity contribution is 6.36. The van der Waals surface area contributed by atoms with Gasteiger partial charge in [-0.2, -0.15) is 0 Å². The second-order valence-electron chi connectivity index (χ2n) is 3.57. The summed E-state index contributed by atoms with van der Waals surface area (Å²) in [5.41, 5.74) is 0.654. The van der Waals surface area contributed by atoms with E-state index in [1.165, 1.54) is 10.9 Å². The van der Waals surface area contributed by atoms with Crippen molar-refractivity contribution in [2.45, 2.75) is 6.54 Å². The van der Waals surface area contributed by atoms with E-state index in [0.717, 1.165) is 0 Å². The molecule has 1 heterocycles. The quantitative estimate of drug-likeness (QED) is 0.905. The van der Waals surface area contributed by atoms with Crippen LogP contribution in [0.4, 0.5) is 11.5 Å². The number of anilines is 2. The summed E-state index contributed by atoms with van der Waals surface area (Å²) in [4.78, 5) is 14.5. The van der Waals surface area contributed by atoms with Gasteiger partial charge >= 0.3 is 5.97 Å². The molecule has 1 aromatic heterocycles. The fourth-order valence-corrected chi connectivity index (χ4v) is 1.85. The first-order chi connectivity index (χ1) is 8.54. The number of nitrogens with one attached hydrogen (secondary N) is 1. The maximum absolute atomic E-state index is 10.5. The third-order valence-corrected chi connectivity index (χ3v) is 2.69. The lowest BCUT2D eigenvalue weighted by atomic mass is 10.3. The van der Waals surface area contributed by atoms with Gasteiger partial charge in [0.05, 0.1) is 17.0 Å². The van der Waals surface area contributed by atoms with E-state index in [-0.39, 0.29) is 19.0 Å². The monoisotopic (exact) mass is 321 g/mol. The first-order valence-corrected chi connectivity index (χ1v) is 5.76. The van der Waals surface area contributed by atoms with Gasteiger partial charge in [-0.15, -0.1) is 12.4 Å². The van der Waals surface area contributed by atoms with Crippen LogP contribution in [0.2, 0.25) is 10.0 Å². The molecule has 2 aromatic rings. The highest BCUT2D eigenvalue weighted by Crippen LogP contribution is 2.27. The number of carboxylic acids is 1. The van der Waals surface area contributed by atoms with Gasteiger partial charge in [0.15, 0.2) is 0 Å². The van der Waals surface area contributed by atoms with Gasteiger partial charge in [-0.3, -0.25) is 4.79 Å². The summed E-state index contributed by atoms with van der Waals surface area (Å²) in [5.74, 6) is -0.413. The molecule has 5 nitrogen and oxygen atoms in total. The number of nitrogens with zero attached hydrogens (tertiary/aromatic N) is 2. The summed E-state index contributed by atoms with van der Waals surface area (Å²) in [6, 6.07) is 5.03. The highest BCUT2D eigenvalue weighted by Gasteiger charge is 2.05. The van der Waals surface area contributed by atoms with Gasteiger partial charge in [-0.05, 0) is 18.2 Å². The van der Waals surface area contributed by atoms with Crippen molar-refractivity contribution >= 4 is 53.1 Å². The maximum atomic E-state index is 10.5. The summed E-state index contributed by atoms with van der Waals surface area (Å²) in [7, 11) is 0. The third kappa shape index (κ3) is 4.31. The summed E-state index contributed by atoms with van der Waals surface area (Å²) in [6.45, 7) is -0.136. The molecule has 0 fully saturated rings. The number of hydrogen-bond acceptors (Lipinski definition) is 3. The highest BCUT2D eigenvalue weighted by atomic mass is 35.5. The smallest absolute Gasteiger partial charge is 0.323 e. The van der Waals surface area contributed by atoms with Crippen LogP contribution in [0.1, 0.15) is 0 Å². The van der Waals surface area contributed by atoms with Gasteiger partial charge in [0.2, 0.25) is 0 Å². The molecule has 0 aliphatic heterocycles. The van der Waals surface area contributed by atoms with E-state index in [1.807, 2.05) is 0 Å². The van der Waals surface area contributed by atoms with Gasteiger partial charge in [-0.25, -0.2) is 4.98 Å². The average Bonchev–Trinajstić information content (AvgIpc) is 2.69. The van der Waals surface area contributed by atoms with Crippen molar-refractivity contribution in [3.05, 3.63) is 40.8 Å². The fraction of sp³-hybridized carbons (Fsp3) is 0.0909.